The molecule has 1 aromatic rings. The van der Waals surface area contributed by atoms with Crippen molar-refractivity contribution in [3.8, 4) is 0 Å². The van der Waals surface area contributed by atoms with Crippen LogP contribution in [0.1, 0.15) is 41.6 Å². The van der Waals surface area contributed by atoms with Gasteiger partial charge in [-0.1, -0.05) is 12.8 Å². The van der Waals surface area contributed by atoms with Gasteiger partial charge in [0.1, 0.15) is 0 Å². The first-order valence-electron chi connectivity index (χ1n) is 6.30. The minimum atomic E-state index is -4.47. The molecule has 5 heteroatoms. The molecule has 19 heavy (non-hydrogen) atoms. The van der Waals surface area contributed by atoms with Crippen LogP contribution in [0.25, 0.3) is 0 Å². The molecule has 0 atom stereocenters. The molecule has 0 N–H and O–H groups in total. The van der Waals surface area contributed by atoms with Crippen LogP contribution in [-0.2, 0) is 6.18 Å². The second kappa shape index (κ2) is 5.99. The number of rotatable bonds is 4. The first-order chi connectivity index (χ1) is 9.00. The third-order valence-electron chi connectivity index (χ3n) is 3.42. The zero-order valence-electron chi connectivity index (χ0n) is 10.4. The lowest BCUT2D eigenvalue weighted by Crippen LogP contribution is -2.09. The minimum absolute atomic E-state index is 0.258. The fourth-order valence-electron chi connectivity index (χ4n) is 2.36. The van der Waals surface area contributed by atoms with E-state index in [4.69, 9.17) is 0 Å². The van der Waals surface area contributed by atoms with Crippen molar-refractivity contribution in [1.82, 2.24) is 0 Å². The lowest BCUT2D eigenvalue weighted by molar-refractivity contribution is -0.138. The first-order valence-corrected chi connectivity index (χ1v) is 7.28. The molecular formula is C14H15F3OS. The summed E-state index contributed by atoms with van der Waals surface area (Å²) in [5.74, 6) is 1.47. The van der Waals surface area contributed by atoms with Crippen LogP contribution < -0.4 is 0 Å². The summed E-state index contributed by atoms with van der Waals surface area (Å²) in [6.45, 7) is 0. The van der Waals surface area contributed by atoms with E-state index in [0.29, 0.717) is 10.8 Å². The molecule has 0 aliphatic heterocycles. The quantitative estimate of drug-likeness (QED) is 0.584. The van der Waals surface area contributed by atoms with Crippen LogP contribution in [0.5, 0.6) is 0 Å². The van der Waals surface area contributed by atoms with Gasteiger partial charge in [0.15, 0.2) is 6.29 Å². The second-order valence-corrected chi connectivity index (χ2v) is 5.92. The third-order valence-corrected chi connectivity index (χ3v) is 4.64. The highest BCUT2D eigenvalue weighted by Gasteiger charge is 2.33. The average molecular weight is 288 g/mol. The molecule has 1 aliphatic rings. The fourth-order valence-corrected chi connectivity index (χ4v) is 3.49. The Morgan fingerprint density at radius 3 is 2.53 bits per heavy atom. The molecule has 1 aromatic carbocycles. The van der Waals surface area contributed by atoms with Gasteiger partial charge in [-0.25, -0.2) is 0 Å². The van der Waals surface area contributed by atoms with E-state index in [0.717, 1.165) is 11.8 Å². The Morgan fingerprint density at radius 2 is 1.95 bits per heavy atom. The number of alkyl halides is 3. The van der Waals surface area contributed by atoms with E-state index in [1.54, 1.807) is 6.07 Å². The maximum Gasteiger partial charge on any atom is 0.417 e. The summed E-state index contributed by atoms with van der Waals surface area (Å²) in [5.41, 5.74) is -1.13. The van der Waals surface area contributed by atoms with Crippen molar-refractivity contribution in [2.45, 2.75) is 36.8 Å². The summed E-state index contributed by atoms with van der Waals surface area (Å²) in [5, 5.41) is 0. The molecule has 0 bridgehead atoms. The molecule has 0 saturated heterocycles. The molecule has 1 saturated carbocycles. The van der Waals surface area contributed by atoms with Gasteiger partial charge >= 0.3 is 6.18 Å². The molecule has 0 spiro atoms. The fraction of sp³-hybridized carbons (Fsp3) is 0.500. The molecule has 1 fully saturated rings. The molecule has 0 amide bonds. The molecule has 0 heterocycles. The van der Waals surface area contributed by atoms with E-state index < -0.39 is 11.7 Å². The number of carbonyl (C=O) groups is 1. The highest BCUT2D eigenvalue weighted by molar-refractivity contribution is 7.99. The van der Waals surface area contributed by atoms with Gasteiger partial charge in [0, 0.05) is 16.2 Å². The monoisotopic (exact) mass is 288 g/mol. The number of halogens is 3. The highest BCUT2D eigenvalue weighted by Crippen LogP contribution is 2.36. The van der Waals surface area contributed by atoms with Crippen LogP contribution in [0.4, 0.5) is 13.2 Å². The summed E-state index contributed by atoms with van der Waals surface area (Å²) in [4.78, 5) is 11.2. The summed E-state index contributed by atoms with van der Waals surface area (Å²) >= 11 is 1.45. The molecule has 1 nitrogen and oxygen atoms in total. The summed E-state index contributed by atoms with van der Waals surface area (Å²) in [6, 6.07) is 3.94. The maximum atomic E-state index is 12.8. The standard InChI is InChI=1S/C14H15F3OS/c15-14(16,17)13-7-12(6-5-11(13)8-18)19-9-10-3-1-2-4-10/h5-8,10H,1-4,9H2. The van der Waals surface area contributed by atoms with Crippen LogP contribution in [0.2, 0.25) is 0 Å². The van der Waals surface area contributed by atoms with Crippen LogP contribution in [0, 0.1) is 5.92 Å². The zero-order valence-corrected chi connectivity index (χ0v) is 11.2. The molecule has 0 aromatic heterocycles. The van der Waals surface area contributed by atoms with Gasteiger partial charge in [-0.3, -0.25) is 4.79 Å². The van der Waals surface area contributed by atoms with E-state index in [9.17, 15) is 18.0 Å². The topological polar surface area (TPSA) is 17.1 Å². The normalized spacial score (nSPS) is 16.8. The molecule has 0 unspecified atom stereocenters. The Balaban J connectivity index is 2.11. The predicted molar refractivity (Wildman–Crippen MR) is 69.5 cm³/mol. The largest absolute Gasteiger partial charge is 0.417 e. The third kappa shape index (κ3) is 3.75. The van der Waals surface area contributed by atoms with Crippen molar-refractivity contribution in [2.75, 3.05) is 5.75 Å². The van der Waals surface area contributed by atoms with E-state index in [2.05, 4.69) is 0 Å². The van der Waals surface area contributed by atoms with Crippen LogP contribution in [0.15, 0.2) is 23.1 Å². The Morgan fingerprint density at radius 1 is 1.26 bits per heavy atom. The SMILES string of the molecule is O=Cc1ccc(SCC2CCCC2)cc1C(F)(F)F. The molecule has 1 aliphatic carbocycles. The summed E-state index contributed by atoms with van der Waals surface area (Å²) in [7, 11) is 0. The van der Waals surface area contributed by atoms with Gasteiger partial charge in [-0.05, 0) is 37.0 Å². The van der Waals surface area contributed by atoms with Crippen molar-refractivity contribution in [2.24, 2.45) is 5.92 Å². The molecule has 104 valence electrons. The number of carbonyl (C=O) groups excluding carboxylic acids is 1. The van der Waals surface area contributed by atoms with Gasteiger partial charge in [-0.15, -0.1) is 11.8 Å². The highest BCUT2D eigenvalue weighted by atomic mass is 32.2. The van der Waals surface area contributed by atoms with Gasteiger partial charge < -0.3 is 0 Å². The van der Waals surface area contributed by atoms with E-state index >= 15 is 0 Å². The number of benzene rings is 1. The lowest BCUT2D eigenvalue weighted by atomic mass is 10.1. The van der Waals surface area contributed by atoms with Gasteiger partial charge in [0.2, 0.25) is 0 Å². The average Bonchev–Trinajstić information content (AvgIpc) is 2.88. The van der Waals surface area contributed by atoms with Gasteiger partial charge in [-0.2, -0.15) is 13.2 Å². The Labute approximate surface area is 114 Å². The van der Waals surface area contributed by atoms with Crippen molar-refractivity contribution in [1.29, 1.82) is 0 Å². The minimum Gasteiger partial charge on any atom is -0.298 e. The van der Waals surface area contributed by atoms with E-state index in [1.165, 1.54) is 43.5 Å². The number of hydrogen-bond acceptors (Lipinski definition) is 2. The lowest BCUT2D eigenvalue weighted by Gasteiger charge is -2.12. The number of aldehydes is 1. The Bertz CT molecular complexity index is 450. The first kappa shape index (κ1) is 14.4. The molecule has 0 radical (unpaired) electrons. The second-order valence-electron chi connectivity index (χ2n) is 4.83. The maximum absolute atomic E-state index is 12.8. The predicted octanol–water partition coefficient (Wildman–Crippen LogP) is 4.80. The van der Waals surface area contributed by atoms with Gasteiger partial charge in [0.05, 0.1) is 5.56 Å². The smallest absolute Gasteiger partial charge is 0.298 e. The summed E-state index contributed by atoms with van der Waals surface area (Å²) < 4.78 is 38.4. The molecular weight excluding hydrogens is 273 g/mol. The Kier molecular flexibility index (Phi) is 4.55. The van der Waals surface area contributed by atoms with Crippen LogP contribution in [0.3, 0.4) is 0 Å². The Hall–Kier alpha value is -0.970. The van der Waals surface area contributed by atoms with Crippen molar-refractivity contribution < 1.29 is 18.0 Å². The van der Waals surface area contributed by atoms with Crippen molar-refractivity contribution in [3.63, 3.8) is 0 Å². The van der Waals surface area contributed by atoms with E-state index in [-0.39, 0.29) is 11.8 Å². The number of hydrogen-bond donors (Lipinski definition) is 0. The summed E-state index contributed by atoms with van der Waals surface area (Å²) in [6.07, 6.45) is 0.581. The molecule has 2 rings (SSSR count). The van der Waals surface area contributed by atoms with Gasteiger partial charge in [0.25, 0.3) is 0 Å². The zero-order chi connectivity index (χ0) is 13.9. The number of thioether (sulfide) groups is 1. The van der Waals surface area contributed by atoms with Crippen LogP contribution in [-0.4, -0.2) is 12.0 Å². The van der Waals surface area contributed by atoms with E-state index in [1.807, 2.05) is 0 Å². The van der Waals surface area contributed by atoms with Crippen molar-refractivity contribution in [3.05, 3.63) is 29.3 Å². The van der Waals surface area contributed by atoms with Crippen LogP contribution >= 0.6 is 11.8 Å². The van der Waals surface area contributed by atoms with Crippen molar-refractivity contribution >= 4 is 18.0 Å².